The zero-order valence-electron chi connectivity index (χ0n) is 12.8. The van der Waals surface area contributed by atoms with Crippen LogP contribution < -0.4 is 5.32 Å². The maximum absolute atomic E-state index is 12.0. The molecule has 1 aromatic carbocycles. The van der Waals surface area contributed by atoms with Crippen molar-refractivity contribution in [3.8, 4) is 0 Å². The SMILES string of the molecule is Cc1ccc(C)c(C(=O)NCC(O)COCC(C)C)c1. The lowest BCUT2D eigenvalue weighted by Crippen LogP contribution is -2.35. The summed E-state index contributed by atoms with van der Waals surface area (Å²) in [7, 11) is 0. The minimum absolute atomic E-state index is 0.158. The van der Waals surface area contributed by atoms with E-state index >= 15 is 0 Å². The van der Waals surface area contributed by atoms with Gasteiger partial charge in [-0.25, -0.2) is 0 Å². The van der Waals surface area contributed by atoms with Gasteiger partial charge in [-0.3, -0.25) is 4.79 Å². The second-order valence-corrected chi connectivity index (χ2v) is 5.61. The van der Waals surface area contributed by atoms with Crippen LogP contribution in [0, 0.1) is 19.8 Å². The van der Waals surface area contributed by atoms with E-state index in [0.29, 0.717) is 18.1 Å². The molecular formula is C16H25NO3. The number of carbonyl (C=O) groups excluding carboxylic acids is 1. The van der Waals surface area contributed by atoms with Crippen LogP contribution in [0.5, 0.6) is 0 Å². The third-order valence-electron chi connectivity index (χ3n) is 2.90. The van der Waals surface area contributed by atoms with Crippen LogP contribution >= 0.6 is 0 Å². The molecule has 0 aliphatic heterocycles. The topological polar surface area (TPSA) is 58.6 Å². The summed E-state index contributed by atoms with van der Waals surface area (Å²) in [5, 5.41) is 12.5. The number of benzene rings is 1. The fraction of sp³-hybridized carbons (Fsp3) is 0.562. The largest absolute Gasteiger partial charge is 0.389 e. The highest BCUT2D eigenvalue weighted by atomic mass is 16.5. The van der Waals surface area contributed by atoms with Crippen molar-refractivity contribution in [2.75, 3.05) is 19.8 Å². The van der Waals surface area contributed by atoms with Gasteiger partial charge >= 0.3 is 0 Å². The molecule has 1 unspecified atom stereocenters. The van der Waals surface area contributed by atoms with E-state index in [-0.39, 0.29) is 19.1 Å². The summed E-state index contributed by atoms with van der Waals surface area (Å²) >= 11 is 0. The molecule has 0 saturated heterocycles. The van der Waals surface area contributed by atoms with Gasteiger partial charge in [0.15, 0.2) is 0 Å². The number of amides is 1. The maximum Gasteiger partial charge on any atom is 0.251 e. The molecule has 0 aliphatic carbocycles. The fourth-order valence-corrected chi connectivity index (χ4v) is 1.78. The number of ether oxygens (including phenoxy) is 1. The van der Waals surface area contributed by atoms with Gasteiger partial charge in [-0.1, -0.05) is 31.5 Å². The first-order chi connectivity index (χ1) is 9.40. The van der Waals surface area contributed by atoms with Crippen molar-refractivity contribution < 1.29 is 14.6 Å². The van der Waals surface area contributed by atoms with E-state index in [1.165, 1.54) is 0 Å². The van der Waals surface area contributed by atoms with Crippen LogP contribution in [0.3, 0.4) is 0 Å². The Kier molecular flexibility index (Phi) is 6.68. The summed E-state index contributed by atoms with van der Waals surface area (Å²) in [6.07, 6.45) is -0.678. The van der Waals surface area contributed by atoms with E-state index in [1.807, 2.05) is 32.0 Å². The number of aryl methyl sites for hydroxylation is 2. The van der Waals surface area contributed by atoms with Gasteiger partial charge in [-0.2, -0.15) is 0 Å². The molecule has 0 bridgehead atoms. The molecule has 4 heteroatoms. The molecule has 1 aromatic rings. The van der Waals surface area contributed by atoms with Crippen molar-refractivity contribution in [3.63, 3.8) is 0 Å². The highest BCUT2D eigenvalue weighted by Gasteiger charge is 2.11. The first-order valence-corrected chi connectivity index (χ1v) is 7.01. The normalized spacial score (nSPS) is 12.5. The van der Waals surface area contributed by atoms with Crippen LogP contribution in [0.15, 0.2) is 18.2 Å². The zero-order chi connectivity index (χ0) is 15.1. The molecule has 0 fully saturated rings. The standard InChI is InChI=1S/C16H25NO3/c1-11(2)9-20-10-14(18)8-17-16(19)15-7-12(3)5-6-13(15)4/h5-7,11,14,18H,8-10H2,1-4H3,(H,17,19). The summed E-state index contributed by atoms with van der Waals surface area (Å²) in [5.41, 5.74) is 2.63. The molecule has 2 N–H and O–H groups in total. The second-order valence-electron chi connectivity index (χ2n) is 5.61. The lowest BCUT2D eigenvalue weighted by Gasteiger charge is -2.14. The molecule has 0 saturated carbocycles. The van der Waals surface area contributed by atoms with E-state index in [1.54, 1.807) is 0 Å². The molecule has 4 nitrogen and oxygen atoms in total. The smallest absolute Gasteiger partial charge is 0.251 e. The van der Waals surface area contributed by atoms with Gasteiger partial charge < -0.3 is 15.2 Å². The van der Waals surface area contributed by atoms with Crippen LogP contribution in [0.2, 0.25) is 0 Å². The Balaban J connectivity index is 2.41. The number of aliphatic hydroxyl groups is 1. The van der Waals surface area contributed by atoms with E-state index in [0.717, 1.165) is 11.1 Å². The number of rotatable bonds is 7. The average Bonchev–Trinajstić information content (AvgIpc) is 2.38. The van der Waals surface area contributed by atoms with Gasteiger partial charge in [-0.15, -0.1) is 0 Å². The molecule has 1 rings (SSSR count). The van der Waals surface area contributed by atoms with Gasteiger partial charge in [0.25, 0.3) is 5.91 Å². The van der Waals surface area contributed by atoms with Gasteiger partial charge in [0.2, 0.25) is 0 Å². The van der Waals surface area contributed by atoms with Crippen molar-refractivity contribution >= 4 is 5.91 Å². The van der Waals surface area contributed by atoms with Crippen LogP contribution in [0.1, 0.15) is 35.3 Å². The number of aliphatic hydroxyl groups excluding tert-OH is 1. The first kappa shape index (κ1) is 16.7. The molecule has 20 heavy (non-hydrogen) atoms. The quantitative estimate of drug-likeness (QED) is 0.803. The van der Waals surface area contributed by atoms with Gasteiger partial charge in [-0.05, 0) is 31.4 Å². The second kappa shape index (κ2) is 8.02. The Bertz CT molecular complexity index is 443. The van der Waals surface area contributed by atoms with Gasteiger partial charge in [0.1, 0.15) is 0 Å². The number of nitrogens with one attached hydrogen (secondary N) is 1. The number of carbonyl (C=O) groups is 1. The molecule has 0 heterocycles. The van der Waals surface area contributed by atoms with Crippen molar-refractivity contribution in [1.29, 1.82) is 0 Å². The van der Waals surface area contributed by atoms with Crippen molar-refractivity contribution in [1.82, 2.24) is 5.32 Å². The Morgan fingerprint density at radius 2 is 2.00 bits per heavy atom. The lowest BCUT2D eigenvalue weighted by atomic mass is 10.1. The van der Waals surface area contributed by atoms with Crippen molar-refractivity contribution in [3.05, 3.63) is 34.9 Å². The third kappa shape index (κ3) is 5.72. The summed E-state index contributed by atoms with van der Waals surface area (Å²) in [6, 6.07) is 5.75. The van der Waals surface area contributed by atoms with E-state index < -0.39 is 6.10 Å². The highest BCUT2D eigenvalue weighted by molar-refractivity contribution is 5.95. The molecule has 0 spiro atoms. The third-order valence-corrected chi connectivity index (χ3v) is 2.90. The van der Waals surface area contributed by atoms with Crippen LogP contribution in [-0.2, 0) is 4.74 Å². The Morgan fingerprint density at radius 3 is 2.65 bits per heavy atom. The molecule has 1 amide bonds. The molecule has 1 atom stereocenters. The monoisotopic (exact) mass is 279 g/mol. The fourth-order valence-electron chi connectivity index (χ4n) is 1.78. The number of hydrogen-bond donors (Lipinski definition) is 2. The summed E-state index contributed by atoms with van der Waals surface area (Å²) < 4.78 is 5.34. The van der Waals surface area contributed by atoms with Crippen LogP contribution in [0.4, 0.5) is 0 Å². The summed E-state index contributed by atoms with van der Waals surface area (Å²) in [4.78, 5) is 12.0. The minimum atomic E-state index is -0.678. The number of hydrogen-bond acceptors (Lipinski definition) is 3. The van der Waals surface area contributed by atoms with Crippen molar-refractivity contribution in [2.45, 2.75) is 33.8 Å². The van der Waals surface area contributed by atoms with Crippen LogP contribution in [-0.4, -0.2) is 36.9 Å². The Labute approximate surface area is 121 Å². The average molecular weight is 279 g/mol. The van der Waals surface area contributed by atoms with E-state index in [2.05, 4.69) is 19.2 Å². The molecule has 0 radical (unpaired) electrons. The van der Waals surface area contributed by atoms with Crippen LogP contribution in [0.25, 0.3) is 0 Å². The summed E-state index contributed by atoms with van der Waals surface area (Å²) in [6.45, 7) is 9.00. The van der Waals surface area contributed by atoms with E-state index in [9.17, 15) is 9.90 Å². The maximum atomic E-state index is 12.0. The van der Waals surface area contributed by atoms with Gasteiger partial charge in [0.05, 0.1) is 12.7 Å². The Morgan fingerprint density at radius 1 is 1.30 bits per heavy atom. The minimum Gasteiger partial charge on any atom is -0.389 e. The zero-order valence-corrected chi connectivity index (χ0v) is 12.8. The Hall–Kier alpha value is -1.39. The highest BCUT2D eigenvalue weighted by Crippen LogP contribution is 2.10. The first-order valence-electron chi connectivity index (χ1n) is 7.01. The molecule has 0 aliphatic rings. The molecule has 0 aromatic heterocycles. The predicted molar refractivity (Wildman–Crippen MR) is 79.9 cm³/mol. The molecular weight excluding hydrogens is 254 g/mol. The van der Waals surface area contributed by atoms with E-state index in [4.69, 9.17) is 4.74 Å². The van der Waals surface area contributed by atoms with Crippen molar-refractivity contribution in [2.24, 2.45) is 5.92 Å². The molecule has 112 valence electrons. The lowest BCUT2D eigenvalue weighted by molar-refractivity contribution is 0.0259. The summed E-state index contributed by atoms with van der Waals surface area (Å²) in [5.74, 6) is 0.279. The predicted octanol–water partition coefficient (Wildman–Crippen LogP) is 2.07. The van der Waals surface area contributed by atoms with Gasteiger partial charge in [0, 0.05) is 18.7 Å².